The number of ether oxygens (including phenoxy) is 4. The fourth-order valence-corrected chi connectivity index (χ4v) is 13.4. The van der Waals surface area contributed by atoms with Gasteiger partial charge < -0.3 is 33.8 Å². The number of allylic oxidation sites excluding steroid dienone is 6. The quantitative estimate of drug-likeness (QED) is 0.0169. The lowest BCUT2D eigenvalue weighted by atomic mass is 10.0. The third-order valence-corrected chi connectivity index (χ3v) is 20.0. The summed E-state index contributed by atoms with van der Waals surface area (Å²) >= 11 is 0. The summed E-state index contributed by atoms with van der Waals surface area (Å²) in [6.07, 6.45) is 71.1. The van der Waals surface area contributed by atoms with E-state index in [-0.39, 0.29) is 25.7 Å². The van der Waals surface area contributed by atoms with E-state index in [2.05, 4.69) is 64.2 Å². The van der Waals surface area contributed by atoms with Crippen LogP contribution in [0.25, 0.3) is 0 Å². The molecule has 0 aliphatic heterocycles. The molecule has 0 aromatic heterocycles. The molecule has 5 atom stereocenters. The Labute approximate surface area is 611 Å². The molecule has 0 heterocycles. The molecule has 100 heavy (non-hydrogen) atoms. The maximum absolute atomic E-state index is 13.1. The molecular weight excluding hydrogens is 1310 g/mol. The molecule has 588 valence electrons. The van der Waals surface area contributed by atoms with E-state index in [0.29, 0.717) is 25.7 Å². The summed E-state index contributed by atoms with van der Waals surface area (Å²) in [5.41, 5.74) is 0. The Bertz CT molecular complexity index is 2040. The maximum atomic E-state index is 13.1. The average molecular weight is 1460 g/mol. The van der Waals surface area contributed by atoms with Gasteiger partial charge in [0.1, 0.15) is 19.3 Å². The van der Waals surface area contributed by atoms with Gasteiger partial charge in [-0.25, -0.2) is 9.13 Å². The summed E-state index contributed by atoms with van der Waals surface area (Å²) in [6.45, 7) is 4.93. The molecule has 0 rings (SSSR count). The number of aliphatic hydroxyl groups excluding tert-OH is 1. The lowest BCUT2D eigenvalue weighted by molar-refractivity contribution is -0.161. The van der Waals surface area contributed by atoms with Crippen molar-refractivity contribution < 1.29 is 80.2 Å². The van der Waals surface area contributed by atoms with Crippen LogP contribution < -0.4 is 0 Å². The van der Waals surface area contributed by atoms with Gasteiger partial charge in [0.15, 0.2) is 12.2 Å². The summed E-state index contributed by atoms with van der Waals surface area (Å²) in [5.74, 6) is -2.15. The van der Waals surface area contributed by atoms with Crippen molar-refractivity contribution in [2.45, 2.75) is 418 Å². The largest absolute Gasteiger partial charge is 0.472 e. The SMILES string of the molecule is CCCCC/C=C\C/C=C\CCCCCCCC(=O)O[C@H](COC(=O)CCCCCCCCCCCCCCCCC)COP(=O)(O)OC[C@@H](O)COP(=O)(O)OC[C@@H](COC(=O)CCCCCCCCCCCCCCCCC)OC(=O)CCCCCCC/C=C\CCCCCCCC. The Morgan fingerprint density at radius 2 is 0.490 bits per heavy atom. The molecule has 0 fully saturated rings. The molecule has 0 saturated carbocycles. The van der Waals surface area contributed by atoms with Crippen LogP contribution in [0.5, 0.6) is 0 Å². The highest BCUT2D eigenvalue weighted by Crippen LogP contribution is 2.45. The Morgan fingerprint density at radius 1 is 0.280 bits per heavy atom. The zero-order valence-electron chi connectivity index (χ0n) is 64.4. The number of phosphoric acid groups is 2. The molecule has 0 bridgehead atoms. The molecule has 19 heteroatoms. The molecule has 0 aliphatic carbocycles. The van der Waals surface area contributed by atoms with Crippen LogP contribution in [0.4, 0.5) is 0 Å². The molecular formula is C81H152O17P2. The highest BCUT2D eigenvalue weighted by atomic mass is 31.2. The molecule has 0 radical (unpaired) electrons. The molecule has 0 aromatic rings. The number of unbranched alkanes of at least 4 members (excludes halogenated alkanes) is 47. The molecule has 0 saturated heterocycles. The zero-order valence-corrected chi connectivity index (χ0v) is 66.2. The van der Waals surface area contributed by atoms with Crippen LogP contribution >= 0.6 is 15.6 Å². The van der Waals surface area contributed by atoms with Crippen LogP contribution in [0, 0.1) is 0 Å². The van der Waals surface area contributed by atoms with Gasteiger partial charge in [0.05, 0.1) is 26.4 Å². The van der Waals surface area contributed by atoms with E-state index in [4.69, 9.17) is 37.0 Å². The number of esters is 4. The second-order valence-corrected chi connectivity index (χ2v) is 31.0. The van der Waals surface area contributed by atoms with Crippen LogP contribution in [0.1, 0.15) is 400 Å². The number of phosphoric ester groups is 2. The van der Waals surface area contributed by atoms with E-state index in [1.54, 1.807) is 0 Å². The molecule has 2 unspecified atom stereocenters. The summed E-state index contributed by atoms with van der Waals surface area (Å²) in [5, 5.41) is 10.6. The first-order chi connectivity index (χ1) is 48.7. The number of carbonyl (C=O) groups is 4. The minimum atomic E-state index is -4.97. The number of hydrogen-bond acceptors (Lipinski definition) is 15. The van der Waals surface area contributed by atoms with Crippen molar-refractivity contribution in [3.05, 3.63) is 36.5 Å². The summed E-state index contributed by atoms with van der Waals surface area (Å²) in [6, 6.07) is 0. The summed E-state index contributed by atoms with van der Waals surface area (Å²) in [4.78, 5) is 73.0. The van der Waals surface area contributed by atoms with E-state index >= 15 is 0 Å². The van der Waals surface area contributed by atoms with Crippen molar-refractivity contribution in [1.29, 1.82) is 0 Å². The van der Waals surface area contributed by atoms with Crippen molar-refractivity contribution in [1.82, 2.24) is 0 Å². The van der Waals surface area contributed by atoms with E-state index in [1.807, 2.05) is 0 Å². The normalized spacial score (nSPS) is 14.0. The predicted molar refractivity (Wildman–Crippen MR) is 409 cm³/mol. The first-order valence-corrected chi connectivity index (χ1v) is 44.2. The van der Waals surface area contributed by atoms with Crippen LogP contribution in [0.2, 0.25) is 0 Å². The molecule has 0 aromatic carbocycles. The monoisotopic (exact) mass is 1460 g/mol. The summed E-state index contributed by atoms with van der Waals surface area (Å²) in [7, 11) is -9.94. The van der Waals surface area contributed by atoms with Gasteiger partial charge in [0, 0.05) is 25.7 Å². The lowest BCUT2D eigenvalue weighted by Crippen LogP contribution is -2.30. The lowest BCUT2D eigenvalue weighted by Gasteiger charge is -2.21. The highest BCUT2D eigenvalue weighted by Gasteiger charge is 2.30. The van der Waals surface area contributed by atoms with Crippen molar-refractivity contribution in [2.24, 2.45) is 0 Å². The Balaban J connectivity index is 5.32. The highest BCUT2D eigenvalue weighted by molar-refractivity contribution is 7.47. The second-order valence-electron chi connectivity index (χ2n) is 28.1. The van der Waals surface area contributed by atoms with Gasteiger partial charge in [-0.2, -0.15) is 0 Å². The molecule has 0 amide bonds. The molecule has 3 N–H and O–H groups in total. The minimum Gasteiger partial charge on any atom is -0.462 e. The van der Waals surface area contributed by atoms with Gasteiger partial charge >= 0.3 is 39.5 Å². The van der Waals surface area contributed by atoms with Crippen molar-refractivity contribution in [3.63, 3.8) is 0 Å². The zero-order chi connectivity index (χ0) is 73.2. The van der Waals surface area contributed by atoms with Gasteiger partial charge in [-0.05, 0) is 83.5 Å². The van der Waals surface area contributed by atoms with Gasteiger partial charge in [-0.15, -0.1) is 0 Å². The van der Waals surface area contributed by atoms with Crippen molar-refractivity contribution in [3.8, 4) is 0 Å². The van der Waals surface area contributed by atoms with Crippen LogP contribution in [0.3, 0.4) is 0 Å². The van der Waals surface area contributed by atoms with E-state index in [9.17, 15) is 43.2 Å². The number of hydrogen-bond donors (Lipinski definition) is 3. The van der Waals surface area contributed by atoms with Crippen molar-refractivity contribution >= 4 is 39.5 Å². The first kappa shape index (κ1) is 97.3. The fourth-order valence-electron chi connectivity index (χ4n) is 11.8. The summed E-state index contributed by atoms with van der Waals surface area (Å²) < 4.78 is 68.7. The van der Waals surface area contributed by atoms with Crippen LogP contribution in [-0.2, 0) is 65.4 Å². The predicted octanol–water partition coefficient (Wildman–Crippen LogP) is 23.9. The third kappa shape index (κ3) is 73.6. The number of aliphatic hydroxyl groups is 1. The average Bonchev–Trinajstić information content (AvgIpc) is 1.25. The Hall–Kier alpha value is -2.72. The van der Waals surface area contributed by atoms with Crippen LogP contribution in [-0.4, -0.2) is 96.7 Å². The van der Waals surface area contributed by atoms with Gasteiger partial charge in [0.2, 0.25) is 0 Å². The third-order valence-electron chi connectivity index (χ3n) is 18.1. The molecule has 0 spiro atoms. The fraction of sp³-hybridized carbons (Fsp3) is 0.877. The smallest absolute Gasteiger partial charge is 0.462 e. The Kier molecular flexibility index (Phi) is 72.5. The van der Waals surface area contributed by atoms with Gasteiger partial charge in [-0.1, -0.05) is 327 Å². The topological polar surface area (TPSA) is 237 Å². The van der Waals surface area contributed by atoms with Gasteiger partial charge in [0.25, 0.3) is 0 Å². The maximum Gasteiger partial charge on any atom is 0.472 e. The molecule has 0 aliphatic rings. The van der Waals surface area contributed by atoms with E-state index in [0.717, 1.165) is 122 Å². The standard InChI is InChI=1S/C81H152O17P2/c1-5-9-13-17-21-25-29-33-37-41-45-49-53-57-61-65-78(83)91-71-76(97-80(85)67-63-59-55-51-47-43-39-35-31-27-23-19-15-11-7-3)73-95-99(87,88)93-69-75(82)70-94-100(89,90)96-74-77(98-81(86)68-64-60-56-52-48-44-40-36-32-28-24-20-16-12-8-4)72-92-79(84)66-62-58-54-50-46-42-38-34-30-26-22-18-14-10-6-2/h23,27,35-36,39-40,75-77,82H,5-22,24-26,28-34,37-38,41-74H2,1-4H3,(H,87,88)(H,89,90)/b27-23-,39-35-,40-36-/t75-,76-,77-/m1/s1. The van der Waals surface area contributed by atoms with E-state index in [1.165, 1.54) is 199 Å². The minimum absolute atomic E-state index is 0.0863. The number of rotatable bonds is 79. The van der Waals surface area contributed by atoms with Crippen molar-refractivity contribution in [2.75, 3.05) is 39.6 Å². The Morgan fingerprint density at radius 3 is 0.770 bits per heavy atom. The molecule has 17 nitrogen and oxygen atoms in total. The number of carbonyl (C=O) groups excluding carboxylic acids is 4. The van der Waals surface area contributed by atoms with Crippen LogP contribution in [0.15, 0.2) is 36.5 Å². The van der Waals surface area contributed by atoms with E-state index < -0.39 is 97.5 Å². The first-order valence-electron chi connectivity index (χ1n) is 41.2. The van der Waals surface area contributed by atoms with Gasteiger partial charge in [-0.3, -0.25) is 37.3 Å². The second kappa shape index (κ2) is 74.5.